The molecule has 31 heavy (non-hydrogen) atoms. The monoisotopic (exact) mass is 438 g/mol. The third kappa shape index (κ3) is 4.97. The predicted molar refractivity (Wildman–Crippen MR) is 124 cm³/mol. The van der Waals surface area contributed by atoms with Gasteiger partial charge in [-0.05, 0) is 62.2 Å². The van der Waals surface area contributed by atoms with Crippen molar-refractivity contribution in [2.24, 2.45) is 0 Å². The summed E-state index contributed by atoms with van der Waals surface area (Å²) in [5, 5.41) is 7.95. The van der Waals surface area contributed by atoms with Crippen LogP contribution in [0.15, 0.2) is 54.7 Å². The Labute approximate surface area is 187 Å². The second kappa shape index (κ2) is 9.79. The number of aromatic nitrogens is 2. The maximum absolute atomic E-state index is 13.0. The molecule has 0 spiro atoms. The Morgan fingerprint density at radius 2 is 1.77 bits per heavy atom. The zero-order valence-electron chi connectivity index (χ0n) is 18.2. The van der Waals surface area contributed by atoms with Gasteiger partial charge in [-0.3, -0.25) is 9.59 Å². The first kappa shape index (κ1) is 22.6. The van der Waals surface area contributed by atoms with Gasteiger partial charge in [0, 0.05) is 29.4 Å². The quantitative estimate of drug-likeness (QED) is 0.538. The maximum atomic E-state index is 13.0. The molecule has 3 aromatic rings. The number of anilines is 1. The lowest BCUT2D eigenvalue weighted by Gasteiger charge is -2.18. The Kier molecular flexibility index (Phi) is 7.13. The molecule has 0 fully saturated rings. The first-order chi connectivity index (χ1) is 14.8. The summed E-state index contributed by atoms with van der Waals surface area (Å²) in [5.41, 5.74) is 3.31. The lowest BCUT2D eigenvalue weighted by atomic mass is 10.0. The van der Waals surface area contributed by atoms with E-state index in [0.29, 0.717) is 34.9 Å². The van der Waals surface area contributed by atoms with Gasteiger partial charge in [-0.2, -0.15) is 5.10 Å². The number of nitrogens with zero attached hydrogens (tertiary/aromatic N) is 3. The summed E-state index contributed by atoms with van der Waals surface area (Å²) < 4.78 is 1.75. The van der Waals surface area contributed by atoms with Crippen LogP contribution in [0, 0.1) is 0 Å². The lowest BCUT2D eigenvalue weighted by molar-refractivity contribution is 0.0773. The van der Waals surface area contributed by atoms with E-state index in [1.165, 1.54) is 0 Å². The number of nitrogens with one attached hydrogen (secondary N) is 1. The highest BCUT2D eigenvalue weighted by molar-refractivity contribution is 6.30. The third-order valence-corrected chi connectivity index (χ3v) is 5.33. The maximum Gasteiger partial charge on any atom is 0.259 e. The van der Waals surface area contributed by atoms with Crippen LogP contribution < -0.4 is 5.32 Å². The van der Waals surface area contributed by atoms with Crippen molar-refractivity contribution in [2.45, 2.75) is 33.6 Å². The van der Waals surface area contributed by atoms with Crippen molar-refractivity contribution in [1.82, 2.24) is 14.7 Å². The fourth-order valence-electron chi connectivity index (χ4n) is 3.49. The summed E-state index contributed by atoms with van der Waals surface area (Å²) in [6, 6.07) is 14.3. The fourth-order valence-corrected chi connectivity index (χ4v) is 3.67. The van der Waals surface area contributed by atoms with Crippen LogP contribution in [-0.2, 0) is 0 Å². The van der Waals surface area contributed by atoms with Gasteiger partial charge < -0.3 is 10.2 Å². The minimum atomic E-state index is -0.250. The smallest absolute Gasteiger partial charge is 0.259 e. The Hall–Kier alpha value is -3.12. The number of halogens is 1. The molecule has 0 aliphatic rings. The first-order valence-corrected chi connectivity index (χ1v) is 10.8. The molecular weight excluding hydrogens is 412 g/mol. The molecule has 3 rings (SSSR count). The molecule has 1 aromatic heterocycles. The minimum absolute atomic E-state index is 0.0206. The third-order valence-electron chi connectivity index (χ3n) is 5.09. The van der Waals surface area contributed by atoms with E-state index in [0.717, 1.165) is 11.4 Å². The van der Waals surface area contributed by atoms with Crippen molar-refractivity contribution in [2.75, 3.05) is 18.4 Å². The summed E-state index contributed by atoms with van der Waals surface area (Å²) in [4.78, 5) is 27.2. The molecule has 0 saturated carbocycles. The van der Waals surface area contributed by atoms with Crippen molar-refractivity contribution in [1.29, 1.82) is 0 Å². The van der Waals surface area contributed by atoms with Crippen LogP contribution in [0.4, 0.5) is 5.69 Å². The normalized spacial score (nSPS) is 10.9. The highest BCUT2D eigenvalue weighted by atomic mass is 35.5. The molecule has 0 aliphatic heterocycles. The van der Waals surface area contributed by atoms with Crippen molar-refractivity contribution in [3.05, 3.63) is 76.6 Å². The summed E-state index contributed by atoms with van der Waals surface area (Å²) in [5.74, 6) is -0.205. The molecule has 2 amide bonds. The van der Waals surface area contributed by atoms with Gasteiger partial charge in [-0.15, -0.1) is 0 Å². The molecule has 0 aliphatic carbocycles. The van der Waals surface area contributed by atoms with Crippen LogP contribution in [0.2, 0.25) is 5.02 Å². The van der Waals surface area contributed by atoms with Crippen LogP contribution in [0.1, 0.15) is 60.0 Å². The van der Waals surface area contributed by atoms with Gasteiger partial charge in [0.05, 0.1) is 23.1 Å². The van der Waals surface area contributed by atoms with Gasteiger partial charge in [0.25, 0.3) is 11.8 Å². The average Bonchev–Trinajstić information content (AvgIpc) is 3.21. The molecular formula is C24H27ClN4O2. The number of hydrogen-bond acceptors (Lipinski definition) is 3. The lowest BCUT2D eigenvalue weighted by Crippen LogP contribution is -2.30. The van der Waals surface area contributed by atoms with E-state index in [2.05, 4.69) is 10.4 Å². The van der Waals surface area contributed by atoms with Crippen LogP contribution in [0.3, 0.4) is 0 Å². The zero-order chi connectivity index (χ0) is 22.5. The number of amides is 2. The second-order valence-corrected chi connectivity index (χ2v) is 7.94. The summed E-state index contributed by atoms with van der Waals surface area (Å²) in [6.45, 7) is 9.24. The number of benzene rings is 2. The minimum Gasteiger partial charge on any atom is -0.339 e. The highest BCUT2D eigenvalue weighted by Gasteiger charge is 2.21. The average molecular weight is 439 g/mol. The van der Waals surface area contributed by atoms with E-state index in [9.17, 15) is 9.59 Å². The Balaban J connectivity index is 1.83. The van der Waals surface area contributed by atoms with E-state index < -0.39 is 0 Å². The summed E-state index contributed by atoms with van der Waals surface area (Å²) in [6.07, 6.45) is 1.57. The van der Waals surface area contributed by atoms with Gasteiger partial charge in [0.15, 0.2) is 0 Å². The van der Waals surface area contributed by atoms with Gasteiger partial charge in [-0.1, -0.05) is 31.5 Å². The standard InChI is InChI=1S/C24H27ClN4O2/c1-5-28(6-2)24(31)17-10-12-19(13-11-17)27-23(30)21-15-26-29(22(21)16(3)4)20-9-7-8-18(25)14-20/h7-16H,5-6H2,1-4H3,(H,27,30). The van der Waals surface area contributed by atoms with Gasteiger partial charge in [0.2, 0.25) is 0 Å². The molecule has 0 atom stereocenters. The molecule has 2 aromatic carbocycles. The molecule has 0 unspecified atom stereocenters. The number of rotatable bonds is 7. The Morgan fingerprint density at radius 1 is 1.10 bits per heavy atom. The molecule has 7 heteroatoms. The molecule has 0 saturated heterocycles. The van der Waals surface area contributed by atoms with Crippen molar-refractivity contribution in [3.8, 4) is 5.69 Å². The number of carbonyl (C=O) groups excluding carboxylic acids is 2. The molecule has 0 bridgehead atoms. The zero-order valence-corrected chi connectivity index (χ0v) is 19.0. The van der Waals surface area contributed by atoms with Crippen molar-refractivity contribution in [3.63, 3.8) is 0 Å². The molecule has 1 heterocycles. The topological polar surface area (TPSA) is 67.2 Å². The molecule has 162 valence electrons. The molecule has 0 radical (unpaired) electrons. The first-order valence-electron chi connectivity index (χ1n) is 10.4. The Bertz CT molecular complexity index is 1070. The van der Waals surface area contributed by atoms with Crippen LogP contribution in [0.5, 0.6) is 0 Å². The van der Waals surface area contributed by atoms with Gasteiger partial charge in [0.1, 0.15) is 0 Å². The Morgan fingerprint density at radius 3 is 2.35 bits per heavy atom. The van der Waals surface area contributed by atoms with Gasteiger partial charge >= 0.3 is 0 Å². The van der Waals surface area contributed by atoms with E-state index in [1.807, 2.05) is 45.9 Å². The summed E-state index contributed by atoms with van der Waals surface area (Å²) >= 11 is 6.13. The fraction of sp³-hybridized carbons (Fsp3) is 0.292. The van der Waals surface area contributed by atoms with Crippen molar-refractivity contribution >= 4 is 29.1 Å². The van der Waals surface area contributed by atoms with E-state index in [1.54, 1.807) is 46.1 Å². The number of carbonyl (C=O) groups is 2. The molecule has 6 nitrogen and oxygen atoms in total. The highest BCUT2D eigenvalue weighted by Crippen LogP contribution is 2.25. The van der Waals surface area contributed by atoms with Crippen molar-refractivity contribution < 1.29 is 9.59 Å². The van der Waals surface area contributed by atoms with Gasteiger partial charge in [-0.25, -0.2) is 4.68 Å². The van der Waals surface area contributed by atoms with E-state index in [4.69, 9.17) is 11.6 Å². The van der Waals surface area contributed by atoms with E-state index >= 15 is 0 Å². The largest absolute Gasteiger partial charge is 0.339 e. The predicted octanol–water partition coefficient (Wildman–Crippen LogP) is 5.38. The van der Waals surface area contributed by atoms with Crippen LogP contribution in [0.25, 0.3) is 5.69 Å². The van der Waals surface area contributed by atoms with E-state index in [-0.39, 0.29) is 17.7 Å². The SMILES string of the molecule is CCN(CC)C(=O)c1ccc(NC(=O)c2cnn(-c3cccc(Cl)c3)c2C(C)C)cc1. The molecule has 1 N–H and O–H groups in total. The van der Waals surface area contributed by atoms with Crippen LogP contribution in [-0.4, -0.2) is 39.6 Å². The van der Waals surface area contributed by atoms with Crippen LogP contribution >= 0.6 is 11.6 Å². The number of hydrogen-bond donors (Lipinski definition) is 1. The second-order valence-electron chi connectivity index (χ2n) is 7.50. The summed E-state index contributed by atoms with van der Waals surface area (Å²) in [7, 11) is 0.